The summed E-state index contributed by atoms with van der Waals surface area (Å²) in [5.41, 5.74) is 0. The van der Waals surface area contributed by atoms with Gasteiger partial charge in [-0.15, -0.1) is 0 Å². The van der Waals surface area contributed by atoms with Crippen LogP contribution in [-0.4, -0.2) is 16.4 Å². The molecule has 0 aliphatic rings. The second-order valence-corrected chi connectivity index (χ2v) is 0.283. The van der Waals surface area contributed by atoms with Crippen LogP contribution in [0.2, 0.25) is 0 Å². The number of hydrogen-bond acceptors (Lipinski definition) is 1. The Morgan fingerprint density at radius 3 is 1.50 bits per heavy atom. The Bertz CT molecular complexity index is 40.3. The van der Waals surface area contributed by atoms with Crippen molar-refractivity contribution in [2.45, 2.75) is 0 Å². The van der Waals surface area contributed by atoms with Crippen LogP contribution in [-0.2, 0) is 0 Å². The molecule has 0 spiro atoms. The summed E-state index contributed by atoms with van der Waals surface area (Å²) in [5, 5.41) is 13.9. The van der Waals surface area contributed by atoms with Crippen LogP contribution in [0.15, 0.2) is 0 Å². The first-order valence-corrected chi connectivity index (χ1v) is 0.651. The zero-order valence-electron chi connectivity index (χ0n) is 5.80. The van der Waals surface area contributed by atoms with Crippen LogP contribution >= 0.6 is 0 Å². The maximum absolute atomic E-state index is 8.56. The van der Waals surface area contributed by atoms with Crippen LogP contribution in [0.3, 0.4) is 0 Å². The Morgan fingerprint density at radius 1 is 1.50 bits per heavy atom. The van der Waals surface area contributed by atoms with Crippen LogP contribution in [0.25, 0.3) is 0 Å². The number of hydrogen-bond donors (Lipinski definition) is 2. The van der Waals surface area contributed by atoms with Crippen molar-refractivity contribution in [2.75, 3.05) is 0 Å². The summed E-state index contributed by atoms with van der Waals surface area (Å²) in [6, 6.07) is 0. The summed E-state index contributed by atoms with van der Waals surface area (Å²) in [6.45, 7) is 0. The molecule has 0 amide bonds. The minimum Gasteiger partial charge on any atom is -1.00 e. The molecular formula is CH4KNaO3. The maximum Gasteiger partial charge on any atom is 1.00 e. The zero-order chi connectivity index (χ0) is 3.58. The van der Waals surface area contributed by atoms with Crippen molar-refractivity contribution in [2.24, 2.45) is 0 Å². The van der Waals surface area contributed by atoms with Crippen LogP contribution in [0.1, 0.15) is 2.85 Å². The van der Waals surface area contributed by atoms with E-state index in [-0.39, 0.29) is 83.8 Å². The molecule has 28 valence electrons. The van der Waals surface area contributed by atoms with E-state index in [1.54, 1.807) is 0 Å². The minimum atomic E-state index is -1.83. The monoisotopic (exact) mass is 126 g/mol. The fraction of sp³-hybridized carbons (Fsp3) is 0. The third kappa shape index (κ3) is 39.1. The third-order valence-corrected chi connectivity index (χ3v) is 0. The molecule has 0 rings (SSSR count). The fourth-order valence-electron chi connectivity index (χ4n) is 0. The van der Waals surface area contributed by atoms with Crippen LogP contribution in [0.5, 0.6) is 0 Å². The van der Waals surface area contributed by atoms with E-state index in [1.807, 2.05) is 0 Å². The normalized spacial score (nSPS) is 4.00. The summed E-state index contributed by atoms with van der Waals surface area (Å²) in [6.07, 6.45) is -1.83. The first-order valence-electron chi connectivity index (χ1n) is 0.651. The van der Waals surface area contributed by atoms with Gasteiger partial charge >= 0.3 is 87.1 Å². The molecule has 0 aromatic rings. The molecule has 5 heteroatoms. The van der Waals surface area contributed by atoms with Crippen molar-refractivity contribution < 1.29 is 98.8 Å². The van der Waals surface area contributed by atoms with Gasteiger partial charge in [-0.1, -0.05) is 0 Å². The molecule has 0 fully saturated rings. The average molecular weight is 126 g/mol. The Balaban J connectivity index is -0.00000000750. The van der Waals surface area contributed by atoms with Crippen molar-refractivity contribution >= 4 is 6.16 Å². The zero-order valence-corrected chi connectivity index (χ0v) is 8.93. The first kappa shape index (κ1) is 15.7. The van der Waals surface area contributed by atoms with Gasteiger partial charge in [-0.05, 0) is 0 Å². The molecule has 2 N–H and O–H groups in total. The van der Waals surface area contributed by atoms with Gasteiger partial charge in [-0.25, -0.2) is 4.79 Å². The van der Waals surface area contributed by atoms with E-state index in [0.29, 0.717) is 0 Å². The van der Waals surface area contributed by atoms with Crippen molar-refractivity contribution in [3.05, 3.63) is 0 Å². The second-order valence-electron chi connectivity index (χ2n) is 0.283. The van der Waals surface area contributed by atoms with Crippen molar-refractivity contribution in [1.29, 1.82) is 0 Å². The molecule has 0 saturated heterocycles. The molecule has 0 heterocycles. The van der Waals surface area contributed by atoms with Crippen molar-refractivity contribution in [3.63, 3.8) is 0 Å². The Labute approximate surface area is 103 Å². The quantitative estimate of drug-likeness (QED) is 0.318. The van der Waals surface area contributed by atoms with E-state index in [1.165, 1.54) is 0 Å². The molecule has 6 heavy (non-hydrogen) atoms. The van der Waals surface area contributed by atoms with Gasteiger partial charge in [0.2, 0.25) is 0 Å². The summed E-state index contributed by atoms with van der Waals surface area (Å²) < 4.78 is 0. The molecule has 0 bridgehead atoms. The Kier molecular flexibility index (Phi) is 26.1. The molecule has 0 saturated carbocycles. The van der Waals surface area contributed by atoms with Crippen molar-refractivity contribution in [3.8, 4) is 0 Å². The Hall–Kier alpha value is 1.91. The molecule has 0 aromatic carbocycles. The van der Waals surface area contributed by atoms with Gasteiger partial charge in [-0.3, -0.25) is 0 Å². The van der Waals surface area contributed by atoms with E-state index in [9.17, 15) is 0 Å². The SMILES string of the molecule is O=C(O)O.[H-].[H-].[K+].[Na+]. The fourth-order valence-corrected chi connectivity index (χ4v) is 0. The minimum absolute atomic E-state index is 0. The van der Waals surface area contributed by atoms with Gasteiger partial charge in [-0.2, -0.15) is 0 Å². The average Bonchev–Trinajstić information content (AvgIpc) is 0.811. The number of carboxylic acid groups (broad SMARTS) is 2. The van der Waals surface area contributed by atoms with Crippen molar-refractivity contribution in [1.82, 2.24) is 0 Å². The predicted octanol–water partition coefficient (Wildman–Crippen LogP) is -5.54. The van der Waals surface area contributed by atoms with E-state index in [2.05, 4.69) is 0 Å². The third-order valence-electron chi connectivity index (χ3n) is 0. The summed E-state index contributed by atoms with van der Waals surface area (Å²) in [7, 11) is 0. The molecule has 0 aliphatic carbocycles. The van der Waals surface area contributed by atoms with Crippen LogP contribution < -0.4 is 80.9 Å². The topological polar surface area (TPSA) is 57.5 Å². The van der Waals surface area contributed by atoms with Gasteiger partial charge in [0.1, 0.15) is 0 Å². The van der Waals surface area contributed by atoms with Crippen LogP contribution in [0, 0.1) is 0 Å². The molecule has 0 aromatic heterocycles. The van der Waals surface area contributed by atoms with E-state index in [4.69, 9.17) is 15.0 Å². The molecule has 0 radical (unpaired) electrons. The second kappa shape index (κ2) is 10.0. The molecule has 0 aliphatic heterocycles. The largest absolute Gasteiger partial charge is 1.00 e. The predicted molar refractivity (Wildman–Crippen MR) is 12.9 cm³/mol. The van der Waals surface area contributed by atoms with E-state index in [0.717, 1.165) is 0 Å². The molecular weight excluding hydrogens is 122 g/mol. The summed E-state index contributed by atoms with van der Waals surface area (Å²) in [4.78, 5) is 8.56. The summed E-state index contributed by atoms with van der Waals surface area (Å²) in [5.74, 6) is 0. The number of rotatable bonds is 0. The van der Waals surface area contributed by atoms with Gasteiger partial charge < -0.3 is 13.1 Å². The summed E-state index contributed by atoms with van der Waals surface area (Å²) >= 11 is 0. The van der Waals surface area contributed by atoms with Gasteiger partial charge in [0.05, 0.1) is 0 Å². The molecule has 3 nitrogen and oxygen atoms in total. The standard InChI is InChI=1S/CH2O3.K.Na.2H/c2-1(3)4;;;;/h(H2,2,3,4);;;;/q;2*+1;2*-1. The van der Waals surface area contributed by atoms with Gasteiger partial charge in [0.25, 0.3) is 0 Å². The maximum atomic E-state index is 8.56. The van der Waals surface area contributed by atoms with Gasteiger partial charge in [0, 0.05) is 0 Å². The van der Waals surface area contributed by atoms with Gasteiger partial charge in [0.15, 0.2) is 0 Å². The van der Waals surface area contributed by atoms with Crippen LogP contribution in [0.4, 0.5) is 4.79 Å². The molecule has 0 unspecified atom stereocenters. The number of carbonyl (C=O) groups is 1. The first-order chi connectivity index (χ1) is 1.73. The smallest absolute Gasteiger partial charge is 1.00 e. The molecule has 0 atom stereocenters. The Morgan fingerprint density at radius 2 is 1.50 bits per heavy atom. The van der Waals surface area contributed by atoms with E-state index >= 15 is 0 Å². The van der Waals surface area contributed by atoms with E-state index < -0.39 is 6.16 Å².